The first-order valence-corrected chi connectivity index (χ1v) is 7.77. The number of allylic oxidation sites excluding steroid dienone is 1. The molecule has 0 amide bonds. The van der Waals surface area contributed by atoms with Crippen molar-refractivity contribution in [2.45, 2.75) is 18.2 Å². The first-order valence-electron chi connectivity index (χ1n) is 6.51. The first kappa shape index (κ1) is 15.8. The zero-order chi connectivity index (χ0) is 15.2. The van der Waals surface area contributed by atoms with Gasteiger partial charge in [-0.1, -0.05) is 54.6 Å². The molecule has 0 saturated heterocycles. The molecule has 0 saturated carbocycles. The molecule has 0 aliphatic rings. The summed E-state index contributed by atoms with van der Waals surface area (Å²) < 4.78 is 13.0. The van der Waals surface area contributed by atoms with Gasteiger partial charge in [-0.15, -0.1) is 0 Å². The minimum Gasteiger partial charge on any atom is -0.289 e. The predicted octanol–water partition coefficient (Wildman–Crippen LogP) is 5.53. The summed E-state index contributed by atoms with van der Waals surface area (Å²) in [5, 5.41) is 1.76. The van der Waals surface area contributed by atoms with E-state index < -0.39 is 5.82 Å². The summed E-state index contributed by atoms with van der Waals surface area (Å²) in [5.74, 6) is -0.504. The summed E-state index contributed by atoms with van der Waals surface area (Å²) in [6.45, 7) is 2.07. The van der Waals surface area contributed by atoms with Crippen molar-refractivity contribution in [3.8, 4) is 0 Å². The summed E-state index contributed by atoms with van der Waals surface area (Å²) >= 11 is 7.02. The van der Waals surface area contributed by atoms with Gasteiger partial charge in [0.1, 0.15) is 5.82 Å². The van der Waals surface area contributed by atoms with Crippen molar-refractivity contribution in [3.05, 3.63) is 75.9 Å². The van der Waals surface area contributed by atoms with E-state index in [0.717, 1.165) is 11.3 Å². The van der Waals surface area contributed by atoms with Crippen molar-refractivity contribution in [2.75, 3.05) is 0 Å². The Hall–Kier alpha value is -1.58. The number of aryl methyl sites for hydroxylation is 1. The monoisotopic (exact) mass is 320 g/mol. The highest BCUT2D eigenvalue weighted by atomic mass is 35.5. The maximum absolute atomic E-state index is 13.0. The molecule has 0 unspecified atom stereocenters. The van der Waals surface area contributed by atoms with Gasteiger partial charge in [0.25, 0.3) is 0 Å². The van der Waals surface area contributed by atoms with E-state index in [1.165, 1.54) is 35.5 Å². The van der Waals surface area contributed by atoms with E-state index in [1.54, 1.807) is 11.5 Å². The second-order valence-electron chi connectivity index (χ2n) is 4.41. The van der Waals surface area contributed by atoms with Gasteiger partial charge in [-0.2, -0.15) is 0 Å². The molecule has 0 heterocycles. The molecule has 2 rings (SSSR count). The van der Waals surface area contributed by atoms with Gasteiger partial charge in [0.05, 0.1) is 5.02 Å². The molecule has 2 aromatic rings. The van der Waals surface area contributed by atoms with Crippen LogP contribution in [0.4, 0.5) is 4.39 Å². The second-order valence-corrected chi connectivity index (χ2v) is 5.80. The quantitative estimate of drug-likeness (QED) is 0.409. The topological polar surface area (TPSA) is 17.1 Å². The highest BCUT2D eigenvalue weighted by molar-refractivity contribution is 8.02. The number of carbonyl (C=O) groups is 1. The third-order valence-corrected chi connectivity index (χ3v) is 4.05. The Morgan fingerprint density at radius 3 is 2.57 bits per heavy atom. The number of ketones is 1. The van der Waals surface area contributed by atoms with Crippen LogP contribution in [0.2, 0.25) is 5.02 Å². The van der Waals surface area contributed by atoms with E-state index in [2.05, 4.69) is 6.92 Å². The molecule has 0 N–H and O–H groups in total. The van der Waals surface area contributed by atoms with Crippen LogP contribution in [0.5, 0.6) is 0 Å². The van der Waals surface area contributed by atoms with Gasteiger partial charge in [0.2, 0.25) is 0 Å². The van der Waals surface area contributed by atoms with Gasteiger partial charge in [-0.05, 0) is 41.7 Å². The fourth-order valence-corrected chi connectivity index (χ4v) is 2.65. The van der Waals surface area contributed by atoms with E-state index in [-0.39, 0.29) is 10.8 Å². The standard InChI is InChI=1S/C17H14ClFOS/c1-2-12-3-5-13(6-4-12)17(20)9-10-21-14-7-8-16(19)15(18)11-14/h3-11H,2H2,1H3/b10-9+. The summed E-state index contributed by atoms with van der Waals surface area (Å²) in [5.41, 5.74) is 1.85. The van der Waals surface area contributed by atoms with Gasteiger partial charge in [-0.25, -0.2) is 4.39 Å². The van der Waals surface area contributed by atoms with Crippen LogP contribution in [0.3, 0.4) is 0 Å². The average molecular weight is 321 g/mol. The molecule has 2 aromatic carbocycles. The van der Waals surface area contributed by atoms with Crippen LogP contribution >= 0.6 is 23.4 Å². The molecule has 0 spiro atoms. The molecule has 21 heavy (non-hydrogen) atoms. The number of thioether (sulfide) groups is 1. The van der Waals surface area contributed by atoms with Crippen LogP contribution in [0.1, 0.15) is 22.8 Å². The van der Waals surface area contributed by atoms with Crippen LogP contribution in [-0.4, -0.2) is 5.78 Å². The van der Waals surface area contributed by atoms with Crippen molar-refractivity contribution in [1.29, 1.82) is 0 Å². The summed E-state index contributed by atoms with van der Waals surface area (Å²) in [6.07, 6.45) is 2.45. The smallest absolute Gasteiger partial charge is 0.186 e. The minimum absolute atomic E-state index is 0.0571. The molecular weight excluding hydrogens is 307 g/mol. The molecule has 1 nitrogen and oxygen atoms in total. The lowest BCUT2D eigenvalue weighted by atomic mass is 10.1. The second kappa shape index (κ2) is 7.43. The molecule has 0 aromatic heterocycles. The molecular formula is C17H14ClFOS. The Labute approximate surface area is 132 Å². The van der Waals surface area contributed by atoms with Crippen molar-refractivity contribution in [1.82, 2.24) is 0 Å². The molecule has 0 bridgehead atoms. The molecule has 108 valence electrons. The number of carbonyl (C=O) groups excluding carboxylic acids is 1. The first-order chi connectivity index (χ1) is 10.1. The van der Waals surface area contributed by atoms with Gasteiger partial charge in [0, 0.05) is 10.5 Å². The molecule has 0 aliphatic heterocycles. The third kappa shape index (κ3) is 4.45. The fraction of sp³-hybridized carbons (Fsp3) is 0.118. The Morgan fingerprint density at radius 1 is 1.24 bits per heavy atom. The zero-order valence-corrected chi connectivity index (χ0v) is 13.0. The number of hydrogen-bond donors (Lipinski definition) is 0. The molecule has 0 fully saturated rings. The number of rotatable bonds is 5. The number of halogens is 2. The van der Waals surface area contributed by atoms with Crippen LogP contribution in [0.25, 0.3) is 0 Å². The highest BCUT2D eigenvalue weighted by Crippen LogP contribution is 2.24. The lowest BCUT2D eigenvalue weighted by Crippen LogP contribution is -1.94. The van der Waals surface area contributed by atoms with Crippen LogP contribution in [0.15, 0.2) is 58.8 Å². The van der Waals surface area contributed by atoms with E-state index in [9.17, 15) is 9.18 Å². The Kier molecular flexibility index (Phi) is 5.59. The van der Waals surface area contributed by atoms with Gasteiger partial charge < -0.3 is 0 Å². The maximum Gasteiger partial charge on any atom is 0.186 e. The van der Waals surface area contributed by atoms with Crippen LogP contribution in [-0.2, 0) is 6.42 Å². The molecule has 4 heteroatoms. The third-order valence-electron chi connectivity index (χ3n) is 2.96. The van der Waals surface area contributed by atoms with E-state index in [1.807, 2.05) is 24.3 Å². The van der Waals surface area contributed by atoms with Gasteiger partial charge in [-0.3, -0.25) is 4.79 Å². The summed E-state index contributed by atoms with van der Waals surface area (Å²) in [4.78, 5) is 12.8. The average Bonchev–Trinajstić information content (AvgIpc) is 2.51. The fourth-order valence-electron chi connectivity index (χ4n) is 1.73. The lowest BCUT2D eigenvalue weighted by Gasteiger charge is -2.00. The Balaban J connectivity index is 1.99. The van der Waals surface area contributed by atoms with Crippen molar-refractivity contribution >= 4 is 29.1 Å². The van der Waals surface area contributed by atoms with Crippen molar-refractivity contribution in [2.24, 2.45) is 0 Å². The summed E-state index contributed by atoms with van der Waals surface area (Å²) in [7, 11) is 0. The molecule has 0 atom stereocenters. The van der Waals surface area contributed by atoms with Gasteiger partial charge >= 0.3 is 0 Å². The highest BCUT2D eigenvalue weighted by Gasteiger charge is 2.02. The predicted molar refractivity (Wildman–Crippen MR) is 86.6 cm³/mol. The SMILES string of the molecule is CCc1ccc(C(=O)/C=C/Sc2ccc(F)c(Cl)c2)cc1. The lowest BCUT2D eigenvalue weighted by molar-refractivity contribution is 0.104. The number of benzene rings is 2. The van der Waals surface area contributed by atoms with E-state index >= 15 is 0 Å². The zero-order valence-electron chi connectivity index (χ0n) is 11.5. The van der Waals surface area contributed by atoms with Crippen LogP contribution < -0.4 is 0 Å². The maximum atomic E-state index is 13.0. The van der Waals surface area contributed by atoms with E-state index in [4.69, 9.17) is 11.6 Å². The van der Waals surface area contributed by atoms with Crippen molar-refractivity contribution in [3.63, 3.8) is 0 Å². The van der Waals surface area contributed by atoms with Gasteiger partial charge in [0.15, 0.2) is 5.78 Å². The van der Waals surface area contributed by atoms with E-state index in [0.29, 0.717) is 5.56 Å². The van der Waals surface area contributed by atoms with Crippen molar-refractivity contribution < 1.29 is 9.18 Å². The van der Waals surface area contributed by atoms with Crippen LogP contribution in [0, 0.1) is 5.82 Å². The Morgan fingerprint density at radius 2 is 1.95 bits per heavy atom. The minimum atomic E-state index is -0.447. The largest absolute Gasteiger partial charge is 0.289 e. The number of hydrogen-bond acceptors (Lipinski definition) is 2. The summed E-state index contributed by atoms with van der Waals surface area (Å²) in [6, 6.07) is 12.0. The molecule has 0 radical (unpaired) electrons. The Bertz CT molecular complexity index is 665. The molecule has 0 aliphatic carbocycles. The normalized spacial score (nSPS) is 11.0.